The van der Waals surface area contributed by atoms with Crippen molar-refractivity contribution in [2.24, 2.45) is 0 Å². The topological polar surface area (TPSA) is 88.9 Å². The van der Waals surface area contributed by atoms with Crippen LogP contribution in [0.3, 0.4) is 0 Å². The van der Waals surface area contributed by atoms with Gasteiger partial charge in [0.05, 0.1) is 17.0 Å². The minimum absolute atomic E-state index is 0.149. The zero-order valence-corrected chi connectivity index (χ0v) is 17.8. The second kappa shape index (κ2) is 8.55. The van der Waals surface area contributed by atoms with Gasteiger partial charge in [-0.2, -0.15) is 0 Å². The van der Waals surface area contributed by atoms with Gasteiger partial charge in [0.15, 0.2) is 5.16 Å². The molecule has 0 saturated heterocycles. The van der Waals surface area contributed by atoms with Crippen molar-refractivity contribution in [2.75, 3.05) is 11.1 Å². The number of hydrogen-bond donors (Lipinski definition) is 2. The Balaban J connectivity index is 1.28. The van der Waals surface area contributed by atoms with Crippen molar-refractivity contribution in [1.82, 2.24) is 20.1 Å². The molecule has 1 aromatic heterocycles. The van der Waals surface area contributed by atoms with Crippen LogP contribution in [0.25, 0.3) is 5.69 Å². The van der Waals surface area contributed by atoms with Gasteiger partial charge >= 0.3 is 0 Å². The zero-order valence-electron chi connectivity index (χ0n) is 17.0. The first-order chi connectivity index (χ1) is 15.2. The van der Waals surface area contributed by atoms with E-state index in [-0.39, 0.29) is 23.6 Å². The molecule has 7 nitrogen and oxygen atoms in total. The maximum atomic E-state index is 12.7. The van der Waals surface area contributed by atoms with Crippen LogP contribution in [0.1, 0.15) is 47.8 Å². The van der Waals surface area contributed by atoms with Crippen LogP contribution in [0.2, 0.25) is 0 Å². The highest BCUT2D eigenvalue weighted by molar-refractivity contribution is 7.99. The van der Waals surface area contributed by atoms with E-state index >= 15 is 0 Å². The SMILES string of the molecule is O=C(CSc1nnc(C2CC2)n1-c1ccccc1)Nc1ccccc1C(=O)NC1CC1. The Hall–Kier alpha value is -3.13. The van der Waals surface area contributed by atoms with Gasteiger partial charge in [-0.05, 0) is 49.9 Å². The third-order valence-corrected chi connectivity index (χ3v) is 6.23. The van der Waals surface area contributed by atoms with Crippen molar-refractivity contribution < 1.29 is 9.59 Å². The number of nitrogens with zero attached hydrogens (tertiary/aromatic N) is 3. The Bertz CT molecular complexity index is 1110. The molecule has 0 bridgehead atoms. The van der Waals surface area contributed by atoms with E-state index in [0.29, 0.717) is 22.3 Å². The Kier molecular flexibility index (Phi) is 5.46. The monoisotopic (exact) mass is 433 g/mol. The Labute approximate surface area is 184 Å². The molecule has 2 aliphatic carbocycles. The van der Waals surface area contributed by atoms with Gasteiger partial charge in [0.1, 0.15) is 5.82 Å². The number of amides is 2. The summed E-state index contributed by atoms with van der Waals surface area (Å²) in [5, 5.41) is 15.3. The minimum Gasteiger partial charge on any atom is -0.349 e. The molecular formula is C23H23N5O2S. The van der Waals surface area contributed by atoms with Crippen molar-refractivity contribution in [3.8, 4) is 5.69 Å². The molecule has 0 unspecified atom stereocenters. The second-order valence-corrected chi connectivity index (χ2v) is 8.86. The molecule has 0 spiro atoms. The normalized spacial score (nSPS) is 15.5. The highest BCUT2D eigenvalue weighted by Crippen LogP contribution is 2.41. The summed E-state index contributed by atoms with van der Waals surface area (Å²) in [7, 11) is 0. The molecule has 8 heteroatoms. The van der Waals surface area contributed by atoms with Gasteiger partial charge < -0.3 is 10.6 Å². The van der Waals surface area contributed by atoms with Gasteiger partial charge in [0.25, 0.3) is 5.91 Å². The summed E-state index contributed by atoms with van der Waals surface area (Å²) >= 11 is 1.35. The predicted molar refractivity (Wildman–Crippen MR) is 120 cm³/mol. The van der Waals surface area contributed by atoms with E-state index in [1.165, 1.54) is 11.8 Å². The molecule has 2 fully saturated rings. The fourth-order valence-corrected chi connectivity index (χ4v) is 4.16. The second-order valence-electron chi connectivity index (χ2n) is 7.92. The van der Waals surface area contributed by atoms with E-state index in [9.17, 15) is 9.59 Å². The number of aromatic nitrogens is 3. The Morgan fingerprint density at radius 1 is 0.968 bits per heavy atom. The van der Waals surface area contributed by atoms with Gasteiger partial charge in [-0.3, -0.25) is 14.2 Å². The maximum absolute atomic E-state index is 12.7. The van der Waals surface area contributed by atoms with Crippen LogP contribution in [0.4, 0.5) is 5.69 Å². The number of carbonyl (C=O) groups excluding carboxylic acids is 2. The molecule has 2 saturated carbocycles. The number of para-hydroxylation sites is 2. The number of anilines is 1. The molecule has 3 aromatic rings. The first-order valence-electron chi connectivity index (χ1n) is 10.5. The van der Waals surface area contributed by atoms with E-state index in [1.54, 1.807) is 18.2 Å². The Morgan fingerprint density at radius 3 is 2.45 bits per heavy atom. The highest BCUT2D eigenvalue weighted by atomic mass is 32.2. The van der Waals surface area contributed by atoms with Crippen molar-refractivity contribution in [1.29, 1.82) is 0 Å². The summed E-state index contributed by atoms with van der Waals surface area (Å²) in [6, 6.07) is 17.3. The molecule has 2 amide bonds. The van der Waals surface area contributed by atoms with Gasteiger partial charge in [-0.1, -0.05) is 42.1 Å². The average Bonchev–Trinajstić information content (AvgIpc) is 3.73. The van der Waals surface area contributed by atoms with E-state index < -0.39 is 0 Å². The largest absolute Gasteiger partial charge is 0.349 e. The van der Waals surface area contributed by atoms with Crippen LogP contribution in [-0.4, -0.2) is 38.4 Å². The number of nitrogens with one attached hydrogen (secondary N) is 2. The lowest BCUT2D eigenvalue weighted by Crippen LogP contribution is -2.27. The molecule has 2 aromatic carbocycles. The van der Waals surface area contributed by atoms with Gasteiger partial charge in [-0.25, -0.2) is 0 Å². The molecule has 0 aliphatic heterocycles. The van der Waals surface area contributed by atoms with Crippen molar-refractivity contribution in [3.05, 3.63) is 66.0 Å². The number of thioether (sulfide) groups is 1. The van der Waals surface area contributed by atoms with E-state index in [0.717, 1.165) is 37.2 Å². The van der Waals surface area contributed by atoms with Gasteiger partial charge in [-0.15, -0.1) is 10.2 Å². The zero-order chi connectivity index (χ0) is 21.2. The van der Waals surface area contributed by atoms with E-state index in [2.05, 4.69) is 20.8 Å². The highest BCUT2D eigenvalue weighted by Gasteiger charge is 2.31. The molecule has 0 atom stereocenters. The smallest absolute Gasteiger partial charge is 0.253 e. The van der Waals surface area contributed by atoms with Crippen LogP contribution in [0.15, 0.2) is 59.8 Å². The Morgan fingerprint density at radius 2 is 1.71 bits per heavy atom. The number of benzene rings is 2. The standard InChI is InChI=1S/C23H23N5O2S/c29-20(25-19-9-5-4-8-18(19)22(30)24-16-12-13-16)14-31-23-27-26-21(15-10-11-15)28(23)17-6-2-1-3-7-17/h1-9,15-16H,10-14H2,(H,24,30)(H,25,29). The summed E-state index contributed by atoms with van der Waals surface area (Å²) in [6.45, 7) is 0. The van der Waals surface area contributed by atoms with Crippen molar-refractivity contribution >= 4 is 29.3 Å². The lowest BCUT2D eigenvalue weighted by atomic mass is 10.1. The average molecular weight is 434 g/mol. The number of carbonyl (C=O) groups is 2. The van der Waals surface area contributed by atoms with Crippen LogP contribution < -0.4 is 10.6 Å². The number of rotatable bonds is 8. The summed E-state index contributed by atoms with van der Waals surface area (Å²) in [6.07, 6.45) is 4.27. The molecule has 158 valence electrons. The third kappa shape index (κ3) is 4.64. The fraction of sp³-hybridized carbons (Fsp3) is 0.304. The summed E-state index contributed by atoms with van der Waals surface area (Å²) in [5.41, 5.74) is 2.00. The van der Waals surface area contributed by atoms with E-state index in [4.69, 9.17) is 0 Å². The molecule has 5 rings (SSSR count). The molecule has 31 heavy (non-hydrogen) atoms. The molecule has 0 radical (unpaired) electrons. The summed E-state index contributed by atoms with van der Waals surface area (Å²) < 4.78 is 2.05. The number of hydrogen-bond acceptors (Lipinski definition) is 5. The van der Waals surface area contributed by atoms with Crippen LogP contribution in [0.5, 0.6) is 0 Å². The first-order valence-corrected chi connectivity index (χ1v) is 11.5. The maximum Gasteiger partial charge on any atom is 0.253 e. The minimum atomic E-state index is -0.188. The first kappa shape index (κ1) is 19.8. The fourth-order valence-electron chi connectivity index (χ4n) is 3.40. The van der Waals surface area contributed by atoms with Crippen LogP contribution in [-0.2, 0) is 4.79 Å². The summed E-state index contributed by atoms with van der Waals surface area (Å²) in [5.74, 6) is 1.23. The van der Waals surface area contributed by atoms with Crippen molar-refractivity contribution in [3.63, 3.8) is 0 Å². The molecular weight excluding hydrogens is 410 g/mol. The predicted octanol–water partition coefficient (Wildman–Crippen LogP) is 3.77. The van der Waals surface area contributed by atoms with Crippen LogP contribution in [0, 0.1) is 0 Å². The van der Waals surface area contributed by atoms with Gasteiger partial charge in [0, 0.05) is 17.6 Å². The van der Waals surface area contributed by atoms with E-state index in [1.807, 2.05) is 41.0 Å². The lowest BCUT2D eigenvalue weighted by molar-refractivity contribution is -0.113. The van der Waals surface area contributed by atoms with Gasteiger partial charge in [0.2, 0.25) is 5.91 Å². The van der Waals surface area contributed by atoms with Crippen molar-refractivity contribution in [2.45, 2.75) is 42.8 Å². The van der Waals surface area contributed by atoms with Crippen LogP contribution >= 0.6 is 11.8 Å². The quantitative estimate of drug-likeness (QED) is 0.528. The third-order valence-electron chi connectivity index (χ3n) is 5.31. The molecule has 2 N–H and O–H groups in total. The molecule has 2 aliphatic rings. The summed E-state index contributed by atoms with van der Waals surface area (Å²) in [4.78, 5) is 25.1. The lowest BCUT2D eigenvalue weighted by Gasteiger charge is -2.12. The molecule has 1 heterocycles.